The van der Waals surface area contributed by atoms with E-state index in [2.05, 4.69) is 37.7 Å². The van der Waals surface area contributed by atoms with E-state index < -0.39 is 0 Å². The maximum absolute atomic E-state index is 12.8. The molecule has 1 aliphatic heterocycles. The van der Waals surface area contributed by atoms with Crippen LogP contribution in [0.1, 0.15) is 18.1 Å². The van der Waals surface area contributed by atoms with Crippen molar-refractivity contribution < 1.29 is 9.59 Å². The van der Waals surface area contributed by atoms with Gasteiger partial charge in [0.15, 0.2) is 0 Å². The molecular weight excluding hydrogens is 418 g/mol. The van der Waals surface area contributed by atoms with Gasteiger partial charge >= 0.3 is 0 Å². The number of rotatable bonds is 3. The van der Waals surface area contributed by atoms with Gasteiger partial charge in [-0.3, -0.25) is 14.9 Å². The largest absolute Gasteiger partial charge is 0.361 e. The predicted octanol–water partition coefficient (Wildman–Crippen LogP) is 4.47. The quantitative estimate of drug-likeness (QED) is 0.468. The lowest BCUT2D eigenvalue weighted by Gasteiger charge is -2.04. The monoisotopic (exact) mass is 433 g/mol. The number of amides is 2. The van der Waals surface area contributed by atoms with Crippen molar-refractivity contribution in [3.05, 3.63) is 70.5 Å². The Bertz CT molecular complexity index is 1330. The molecule has 2 aromatic carbocycles. The van der Waals surface area contributed by atoms with Gasteiger partial charge in [0.25, 0.3) is 11.8 Å². The van der Waals surface area contributed by atoms with Gasteiger partial charge in [-0.2, -0.15) is 0 Å². The van der Waals surface area contributed by atoms with Crippen LogP contribution in [0.3, 0.4) is 0 Å². The first-order valence-corrected chi connectivity index (χ1v) is 9.83. The molecule has 3 heterocycles. The normalized spacial score (nSPS) is 14.5. The summed E-state index contributed by atoms with van der Waals surface area (Å²) >= 11 is 3.58. The van der Waals surface area contributed by atoms with Gasteiger partial charge in [0, 0.05) is 56.3 Å². The average molecular weight is 434 g/mol. The average Bonchev–Trinajstić information content (AvgIpc) is 3.35. The van der Waals surface area contributed by atoms with E-state index in [9.17, 15) is 9.59 Å². The summed E-state index contributed by atoms with van der Waals surface area (Å²) in [7, 11) is 0. The number of fused-ring (bicyclic) bond motifs is 2. The van der Waals surface area contributed by atoms with Crippen molar-refractivity contribution in [3.8, 4) is 0 Å². The van der Waals surface area contributed by atoms with Crippen LogP contribution in [-0.4, -0.2) is 21.4 Å². The van der Waals surface area contributed by atoms with E-state index in [-0.39, 0.29) is 11.8 Å². The van der Waals surface area contributed by atoms with Gasteiger partial charge in [0.2, 0.25) is 0 Å². The van der Waals surface area contributed by atoms with Crippen LogP contribution in [0.5, 0.6) is 0 Å². The Balaban J connectivity index is 1.87. The number of para-hydroxylation sites is 1. The second-order valence-electron chi connectivity index (χ2n) is 6.74. The molecule has 0 spiro atoms. The summed E-state index contributed by atoms with van der Waals surface area (Å²) in [6.07, 6.45) is 3.75. The lowest BCUT2D eigenvalue weighted by atomic mass is 9.95. The van der Waals surface area contributed by atoms with Crippen molar-refractivity contribution in [1.82, 2.24) is 14.9 Å². The van der Waals surface area contributed by atoms with Crippen molar-refractivity contribution in [2.45, 2.75) is 13.5 Å². The van der Waals surface area contributed by atoms with E-state index in [0.717, 1.165) is 38.4 Å². The van der Waals surface area contributed by atoms with Gasteiger partial charge < -0.3 is 9.55 Å². The summed E-state index contributed by atoms with van der Waals surface area (Å²) in [4.78, 5) is 28.8. The van der Waals surface area contributed by atoms with E-state index in [1.807, 2.05) is 48.7 Å². The molecule has 0 saturated heterocycles. The number of aromatic amines is 1. The van der Waals surface area contributed by atoms with Crippen molar-refractivity contribution in [2.24, 2.45) is 0 Å². The Morgan fingerprint density at radius 2 is 1.71 bits per heavy atom. The summed E-state index contributed by atoms with van der Waals surface area (Å²) in [5.41, 5.74) is 4.26. The molecule has 0 radical (unpaired) electrons. The summed E-state index contributed by atoms with van der Waals surface area (Å²) in [5.74, 6) is -0.731. The van der Waals surface area contributed by atoms with E-state index in [0.29, 0.717) is 16.7 Å². The second kappa shape index (κ2) is 6.21. The number of H-pyrrole nitrogens is 1. The number of imide groups is 1. The lowest BCUT2D eigenvalue weighted by molar-refractivity contribution is -0.122. The fraction of sp³-hybridized carbons (Fsp3) is 0.0909. The number of benzene rings is 2. The Morgan fingerprint density at radius 3 is 2.50 bits per heavy atom. The van der Waals surface area contributed by atoms with E-state index >= 15 is 0 Å². The van der Waals surface area contributed by atoms with Crippen LogP contribution in [0.25, 0.3) is 33.0 Å². The Morgan fingerprint density at radius 1 is 0.964 bits per heavy atom. The molecule has 2 N–H and O–H groups in total. The smallest absolute Gasteiger partial charge is 0.259 e. The number of halogens is 1. The first kappa shape index (κ1) is 17.0. The number of aryl methyl sites for hydroxylation is 1. The molecule has 2 aromatic heterocycles. The van der Waals surface area contributed by atoms with E-state index in [1.54, 1.807) is 6.20 Å². The molecule has 138 valence electrons. The highest BCUT2D eigenvalue weighted by atomic mass is 79.9. The van der Waals surface area contributed by atoms with Crippen molar-refractivity contribution in [1.29, 1.82) is 0 Å². The van der Waals surface area contributed by atoms with Crippen LogP contribution in [-0.2, 0) is 16.1 Å². The fourth-order valence-corrected chi connectivity index (χ4v) is 4.59. The SMILES string of the molecule is CCn1cc(C2=C(c3c[nH]c4cccc(Br)c34)C(=O)NC2=O)c2ccccc21. The number of carbonyl (C=O) groups excluding carboxylic acids is 2. The highest BCUT2D eigenvalue weighted by Crippen LogP contribution is 2.39. The van der Waals surface area contributed by atoms with Crippen molar-refractivity contribution in [2.75, 3.05) is 0 Å². The summed E-state index contributed by atoms with van der Waals surface area (Å²) < 4.78 is 2.97. The molecule has 4 aromatic rings. The van der Waals surface area contributed by atoms with Crippen LogP contribution in [0.15, 0.2) is 59.3 Å². The van der Waals surface area contributed by atoms with Gasteiger partial charge in [-0.1, -0.05) is 40.2 Å². The topological polar surface area (TPSA) is 66.9 Å². The van der Waals surface area contributed by atoms with E-state index in [4.69, 9.17) is 0 Å². The number of aromatic nitrogens is 2. The molecule has 2 amide bonds. The molecule has 0 unspecified atom stereocenters. The summed E-state index contributed by atoms with van der Waals surface area (Å²) in [5, 5.41) is 4.34. The molecule has 0 fully saturated rings. The molecular formula is C22H16BrN3O2. The highest BCUT2D eigenvalue weighted by molar-refractivity contribution is 9.10. The third-order valence-electron chi connectivity index (χ3n) is 5.25. The Kier molecular flexibility index (Phi) is 3.77. The van der Waals surface area contributed by atoms with Crippen molar-refractivity contribution in [3.63, 3.8) is 0 Å². The van der Waals surface area contributed by atoms with Crippen LogP contribution in [0.2, 0.25) is 0 Å². The van der Waals surface area contributed by atoms with Gasteiger partial charge in [-0.05, 0) is 25.1 Å². The van der Waals surface area contributed by atoms with Crippen LogP contribution in [0.4, 0.5) is 0 Å². The minimum Gasteiger partial charge on any atom is -0.361 e. The molecule has 5 nitrogen and oxygen atoms in total. The summed E-state index contributed by atoms with van der Waals surface area (Å²) in [6.45, 7) is 2.83. The zero-order valence-electron chi connectivity index (χ0n) is 15.0. The van der Waals surface area contributed by atoms with Crippen LogP contribution in [0, 0.1) is 0 Å². The molecule has 28 heavy (non-hydrogen) atoms. The van der Waals surface area contributed by atoms with Gasteiger partial charge in [0.1, 0.15) is 0 Å². The van der Waals surface area contributed by atoms with Gasteiger partial charge in [-0.25, -0.2) is 0 Å². The number of hydrogen-bond donors (Lipinski definition) is 2. The number of hydrogen-bond acceptors (Lipinski definition) is 2. The maximum Gasteiger partial charge on any atom is 0.259 e. The standard InChI is InChI=1S/C22H16BrN3O2/c1-2-26-11-14(12-6-3-4-9-17(12)26)20-19(21(27)25-22(20)28)13-10-24-16-8-5-7-15(23)18(13)16/h3-11,24H,2H2,1H3,(H,25,27,28). The molecule has 6 heteroatoms. The molecule has 1 aliphatic rings. The van der Waals surface area contributed by atoms with Gasteiger partial charge in [-0.15, -0.1) is 0 Å². The lowest BCUT2D eigenvalue weighted by Crippen LogP contribution is -2.22. The number of nitrogens with zero attached hydrogens (tertiary/aromatic N) is 1. The van der Waals surface area contributed by atoms with Crippen LogP contribution >= 0.6 is 15.9 Å². The first-order chi connectivity index (χ1) is 13.6. The molecule has 0 saturated carbocycles. The predicted molar refractivity (Wildman–Crippen MR) is 114 cm³/mol. The minimum absolute atomic E-state index is 0.361. The molecule has 0 bridgehead atoms. The zero-order valence-corrected chi connectivity index (χ0v) is 16.6. The Labute approximate surface area is 169 Å². The third kappa shape index (κ3) is 2.31. The fourth-order valence-electron chi connectivity index (χ4n) is 4.01. The maximum atomic E-state index is 12.8. The zero-order chi connectivity index (χ0) is 19.4. The molecule has 0 aliphatic carbocycles. The van der Waals surface area contributed by atoms with Crippen LogP contribution < -0.4 is 5.32 Å². The second-order valence-corrected chi connectivity index (χ2v) is 7.60. The third-order valence-corrected chi connectivity index (χ3v) is 5.91. The van der Waals surface area contributed by atoms with E-state index in [1.165, 1.54) is 0 Å². The summed E-state index contributed by atoms with van der Waals surface area (Å²) in [6, 6.07) is 13.7. The number of nitrogens with one attached hydrogen (secondary N) is 2. The first-order valence-electron chi connectivity index (χ1n) is 9.04. The highest BCUT2D eigenvalue weighted by Gasteiger charge is 2.35. The molecule has 5 rings (SSSR count). The molecule has 0 atom stereocenters. The number of carbonyl (C=O) groups is 2. The minimum atomic E-state index is -0.370. The Hall–Kier alpha value is -3.12. The van der Waals surface area contributed by atoms with Crippen molar-refractivity contribution >= 4 is 60.7 Å². The van der Waals surface area contributed by atoms with Gasteiger partial charge in [0.05, 0.1) is 11.1 Å².